The Morgan fingerprint density at radius 1 is 1.27 bits per heavy atom. The fourth-order valence-electron chi connectivity index (χ4n) is 3.86. The SMILES string of the molecule is CCn1nc(C2CC2)cc1C(=O)N1CCCC(c2ccnc(NC)c2)C1. The molecule has 138 valence electrons. The normalized spacial score (nSPS) is 20.2. The second kappa shape index (κ2) is 7.09. The number of amides is 1. The van der Waals surface area contributed by atoms with Gasteiger partial charge in [-0.3, -0.25) is 9.48 Å². The van der Waals surface area contributed by atoms with Crippen molar-refractivity contribution in [1.82, 2.24) is 19.7 Å². The van der Waals surface area contributed by atoms with Crippen LogP contribution >= 0.6 is 0 Å². The highest BCUT2D eigenvalue weighted by atomic mass is 16.2. The van der Waals surface area contributed by atoms with Crippen molar-refractivity contribution in [1.29, 1.82) is 0 Å². The van der Waals surface area contributed by atoms with Crippen molar-refractivity contribution in [2.45, 2.75) is 51.0 Å². The molecule has 1 saturated heterocycles. The molecule has 1 saturated carbocycles. The Bertz CT molecular complexity index is 795. The number of aryl methyl sites for hydroxylation is 1. The maximum absolute atomic E-state index is 13.2. The van der Waals surface area contributed by atoms with Gasteiger partial charge in [0.2, 0.25) is 0 Å². The lowest BCUT2D eigenvalue weighted by Crippen LogP contribution is -2.40. The van der Waals surface area contributed by atoms with Crippen LogP contribution in [-0.4, -0.2) is 45.7 Å². The fourth-order valence-corrected chi connectivity index (χ4v) is 3.86. The summed E-state index contributed by atoms with van der Waals surface area (Å²) in [7, 11) is 1.88. The van der Waals surface area contributed by atoms with E-state index in [4.69, 9.17) is 0 Å². The van der Waals surface area contributed by atoms with Crippen molar-refractivity contribution >= 4 is 11.7 Å². The van der Waals surface area contributed by atoms with E-state index in [1.54, 1.807) is 0 Å². The Morgan fingerprint density at radius 2 is 2.12 bits per heavy atom. The summed E-state index contributed by atoms with van der Waals surface area (Å²) in [6.07, 6.45) is 6.39. The number of aromatic nitrogens is 3. The van der Waals surface area contributed by atoms with Gasteiger partial charge in [-0.2, -0.15) is 5.10 Å². The Morgan fingerprint density at radius 3 is 2.85 bits per heavy atom. The van der Waals surface area contributed by atoms with Crippen LogP contribution in [0.2, 0.25) is 0 Å². The number of carbonyl (C=O) groups excluding carboxylic acids is 1. The molecule has 1 aliphatic heterocycles. The first kappa shape index (κ1) is 17.1. The zero-order chi connectivity index (χ0) is 18.1. The van der Waals surface area contributed by atoms with Crippen LogP contribution in [0.3, 0.4) is 0 Å². The van der Waals surface area contributed by atoms with Crippen LogP contribution in [0.5, 0.6) is 0 Å². The van der Waals surface area contributed by atoms with Gasteiger partial charge in [-0.1, -0.05) is 0 Å². The highest BCUT2D eigenvalue weighted by molar-refractivity contribution is 5.93. The minimum absolute atomic E-state index is 0.124. The summed E-state index contributed by atoms with van der Waals surface area (Å²) < 4.78 is 1.88. The molecule has 1 N–H and O–H groups in total. The maximum atomic E-state index is 13.2. The topological polar surface area (TPSA) is 63.1 Å². The molecule has 1 amide bonds. The minimum Gasteiger partial charge on any atom is -0.373 e. The van der Waals surface area contributed by atoms with Crippen molar-refractivity contribution < 1.29 is 4.79 Å². The van der Waals surface area contributed by atoms with E-state index in [9.17, 15) is 4.79 Å². The third-order valence-electron chi connectivity index (χ3n) is 5.53. The summed E-state index contributed by atoms with van der Waals surface area (Å²) in [5.41, 5.74) is 3.10. The van der Waals surface area contributed by atoms with E-state index in [1.807, 2.05) is 28.9 Å². The number of nitrogens with zero attached hydrogens (tertiary/aromatic N) is 4. The smallest absolute Gasteiger partial charge is 0.272 e. The fraction of sp³-hybridized carbons (Fsp3) is 0.550. The van der Waals surface area contributed by atoms with Crippen LogP contribution in [0.15, 0.2) is 24.4 Å². The summed E-state index contributed by atoms with van der Waals surface area (Å²) in [5.74, 6) is 1.94. The van der Waals surface area contributed by atoms with Gasteiger partial charge in [-0.15, -0.1) is 0 Å². The van der Waals surface area contributed by atoms with Gasteiger partial charge in [0.25, 0.3) is 5.91 Å². The van der Waals surface area contributed by atoms with Crippen molar-refractivity contribution in [3.63, 3.8) is 0 Å². The molecule has 2 fully saturated rings. The molecule has 2 aromatic rings. The molecule has 26 heavy (non-hydrogen) atoms. The maximum Gasteiger partial charge on any atom is 0.272 e. The number of likely N-dealkylation sites (tertiary alicyclic amines) is 1. The molecular formula is C20H27N5O. The number of hydrogen-bond acceptors (Lipinski definition) is 4. The van der Waals surface area contributed by atoms with Crippen LogP contribution in [0.1, 0.15) is 66.2 Å². The molecule has 0 radical (unpaired) electrons. The molecular weight excluding hydrogens is 326 g/mol. The molecule has 2 aliphatic rings. The lowest BCUT2D eigenvalue weighted by atomic mass is 9.91. The van der Waals surface area contributed by atoms with Crippen molar-refractivity contribution in [3.8, 4) is 0 Å². The van der Waals surface area contributed by atoms with Gasteiger partial charge in [0.15, 0.2) is 0 Å². The highest BCUT2D eigenvalue weighted by Gasteiger charge is 2.31. The van der Waals surface area contributed by atoms with E-state index in [2.05, 4.69) is 34.5 Å². The molecule has 0 bridgehead atoms. The van der Waals surface area contributed by atoms with Gasteiger partial charge >= 0.3 is 0 Å². The quantitative estimate of drug-likeness (QED) is 0.896. The van der Waals surface area contributed by atoms with Gasteiger partial charge in [0.05, 0.1) is 5.69 Å². The van der Waals surface area contributed by atoms with Gasteiger partial charge < -0.3 is 10.2 Å². The van der Waals surface area contributed by atoms with Crippen LogP contribution in [0.25, 0.3) is 0 Å². The average Bonchev–Trinajstić information content (AvgIpc) is 3.46. The van der Waals surface area contributed by atoms with Crippen LogP contribution in [-0.2, 0) is 6.54 Å². The molecule has 1 unspecified atom stereocenters. The minimum atomic E-state index is 0.124. The predicted molar refractivity (Wildman–Crippen MR) is 102 cm³/mol. The molecule has 0 spiro atoms. The zero-order valence-electron chi connectivity index (χ0n) is 15.6. The third kappa shape index (κ3) is 3.32. The molecule has 3 heterocycles. The van der Waals surface area contributed by atoms with Crippen LogP contribution < -0.4 is 5.32 Å². The largest absolute Gasteiger partial charge is 0.373 e. The van der Waals surface area contributed by atoms with E-state index in [1.165, 1.54) is 18.4 Å². The molecule has 6 nitrogen and oxygen atoms in total. The lowest BCUT2D eigenvalue weighted by Gasteiger charge is -2.33. The van der Waals surface area contributed by atoms with E-state index in [0.29, 0.717) is 11.8 Å². The molecule has 6 heteroatoms. The Kier molecular flexibility index (Phi) is 4.66. The van der Waals surface area contributed by atoms with E-state index < -0.39 is 0 Å². The van der Waals surface area contributed by atoms with Crippen LogP contribution in [0, 0.1) is 0 Å². The Balaban J connectivity index is 1.53. The molecule has 0 aromatic carbocycles. The van der Waals surface area contributed by atoms with E-state index in [-0.39, 0.29) is 5.91 Å². The summed E-state index contributed by atoms with van der Waals surface area (Å²) in [6.45, 7) is 4.38. The second-order valence-electron chi connectivity index (χ2n) is 7.36. The number of piperidine rings is 1. The number of pyridine rings is 1. The molecule has 4 rings (SSSR count). The van der Waals surface area contributed by atoms with E-state index >= 15 is 0 Å². The highest BCUT2D eigenvalue weighted by Crippen LogP contribution is 2.39. The van der Waals surface area contributed by atoms with Crippen molar-refractivity contribution in [2.24, 2.45) is 0 Å². The standard InChI is InChI=1S/C20H27N5O/c1-3-25-18(12-17(23-25)14-6-7-14)20(26)24-10-4-5-16(13-24)15-8-9-22-19(11-15)21-2/h8-9,11-12,14,16H,3-7,10,13H2,1-2H3,(H,21,22). The lowest BCUT2D eigenvalue weighted by molar-refractivity contribution is 0.0694. The predicted octanol–water partition coefficient (Wildman–Crippen LogP) is 3.24. The third-order valence-corrected chi connectivity index (χ3v) is 5.53. The number of anilines is 1. The molecule has 1 atom stereocenters. The van der Waals surface area contributed by atoms with Crippen LogP contribution in [0.4, 0.5) is 5.82 Å². The first-order valence-corrected chi connectivity index (χ1v) is 9.70. The Hall–Kier alpha value is -2.37. The van der Waals surface area contributed by atoms with Gasteiger partial charge in [0, 0.05) is 44.7 Å². The van der Waals surface area contributed by atoms with Gasteiger partial charge in [-0.05, 0) is 56.4 Å². The summed E-state index contributed by atoms with van der Waals surface area (Å²) in [6, 6.07) is 6.19. The van der Waals surface area contributed by atoms with E-state index in [0.717, 1.165) is 49.7 Å². The van der Waals surface area contributed by atoms with Crippen molar-refractivity contribution in [2.75, 3.05) is 25.5 Å². The second-order valence-corrected chi connectivity index (χ2v) is 7.36. The Labute approximate surface area is 154 Å². The number of hydrogen-bond donors (Lipinski definition) is 1. The van der Waals surface area contributed by atoms with Gasteiger partial charge in [-0.25, -0.2) is 4.98 Å². The van der Waals surface area contributed by atoms with Gasteiger partial charge in [0.1, 0.15) is 11.5 Å². The molecule has 2 aromatic heterocycles. The molecule has 1 aliphatic carbocycles. The zero-order valence-corrected chi connectivity index (χ0v) is 15.6. The number of carbonyl (C=O) groups is 1. The average molecular weight is 353 g/mol. The first-order valence-electron chi connectivity index (χ1n) is 9.70. The first-order chi connectivity index (χ1) is 12.7. The monoisotopic (exact) mass is 353 g/mol. The summed E-state index contributed by atoms with van der Waals surface area (Å²) in [5, 5.41) is 7.76. The van der Waals surface area contributed by atoms with Crippen molar-refractivity contribution in [3.05, 3.63) is 41.3 Å². The summed E-state index contributed by atoms with van der Waals surface area (Å²) in [4.78, 5) is 19.5. The summed E-state index contributed by atoms with van der Waals surface area (Å²) >= 11 is 0. The number of nitrogens with one attached hydrogen (secondary N) is 1. The number of rotatable bonds is 5.